The lowest BCUT2D eigenvalue weighted by molar-refractivity contribution is -0.118. The first-order valence-electron chi connectivity index (χ1n) is 6.79. The van der Waals surface area contributed by atoms with Gasteiger partial charge in [-0.2, -0.15) is 0 Å². The number of imidazole rings is 1. The van der Waals surface area contributed by atoms with Crippen molar-refractivity contribution in [2.24, 2.45) is 0 Å². The van der Waals surface area contributed by atoms with E-state index in [4.69, 9.17) is 11.6 Å². The maximum Gasteiger partial charge on any atom is 0.230 e. The van der Waals surface area contributed by atoms with Crippen LogP contribution in [0.1, 0.15) is 5.56 Å². The van der Waals surface area contributed by atoms with Crippen molar-refractivity contribution in [2.45, 2.75) is 11.7 Å². The number of fused-ring (bicyclic) bond motifs is 1. The first-order chi connectivity index (χ1) is 10.7. The third-order valence-electron chi connectivity index (χ3n) is 3.09. The maximum atomic E-state index is 11.9. The fourth-order valence-electron chi connectivity index (χ4n) is 2.03. The third kappa shape index (κ3) is 3.81. The zero-order valence-corrected chi connectivity index (χ0v) is 13.2. The van der Waals surface area contributed by atoms with E-state index in [2.05, 4.69) is 15.3 Å². The van der Waals surface area contributed by atoms with Crippen LogP contribution in [0.15, 0.2) is 53.7 Å². The van der Waals surface area contributed by atoms with Crippen molar-refractivity contribution in [1.29, 1.82) is 0 Å². The predicted molar refractivity (Wildman–Crippen MR) is 90.1 cm³/mol. The SMILES string of the molecule is O=C(CSc1nc2ccccc2[nH]1)NCc1cccc(Cl)c1. The Morgan fingerprint density at radius 1 is 1.23 bits per heavy atom. The molecule has 0 aliphatic carbocycles. The number of rotatable bonds is 5. The van der Waals surface area contributed by atoms with Gasteiger partial charge >= 0.3 is 0 Å². The number of halogens is 1. The molecular weight excluding hydrogens is 318 g/mol. The van der Waals surface area contributed by atoms with Crippen LogP contribution in [0.5, 0.6) is 0 Å². The number of para-hydroxylation sites is 2. The average Bonchev–Trinajstić information content (AvgIpc) is 2.94. The summed E-state index contributed by atoms with van der Waals surface area (Å²) >= 11 is 7.30. The number of carbonyl (C=O) groups excluding carboxylic acids is 1. The molecule has 3 rings (SSSR count). The number of benzene rings is 2. The van der Waals surface area contributed by atoms with Gasteiger partial charge in [0, 0.05) is 11.6 Å². The second kappa shape index (κ2) is 6.85. The molecule has 0 atom stereocenters. The van der Waals surface area contributed by atoms with E-state index in [0.29, 0.717) is 17.3 Å². The fourth-order valence-corrected chi connectivity index (χ4v) is 2.96. The molecule has 0 aliphatic rings. The van der Waals surface area contributed by atoms with Crippen LogP contribution in [0.25, 0.3) is 11.0 Å². The number of H-pyrrole nitrogens is 1. The van der Waals surface area contributed by atoms with Crippen molar-refractivity contribution >= 4 is 40.3 Å². The number of thioether (sulfide) groups is 1. The quantitative estimate of drug-likeness (QED) is 0.702. The summed E-state index contributed by atoms with van der Waals surface area (Å²) in [5.74, 6) is 0.283. The number of hydrogen-bond donors (Lipinski definition) is 2. The molecule has 0 saturated carbocycles. The van der Waals surface area contributed by atoms with Gasteiger partial charge in [0.05, 0.1) is 16.8 Å². The smallest absolute Gasteiger partial charge is 0.230 e. The number of amides is 1. The molecule has 2 aromatic carbocycles. The second-order valence-corrected chi connectivity index (χ2v) is 6.15. The van der Waals surface area contributed by atoms with Crippen LogP contribution in [-0.2, 0) is 11.3 Å². The van der Waals surface area contributed by atoms with E-state index < -0.39 is 0 Å². The number of nitrogens with one attached hydrogen (secondary N) is 2. The van der Waals surface area contributed by atoms with E-state index in [9.17, 15) is 4.79 Å². The van der Waals surface area contributed by atoms with Gasteiger partial charge in [-0.3, -0.25) is 4.79 Å². The minimum atomic E-state index is -0.0366. The number of carbonyl (C=O) groups is 1. The third-order valence-corrected chi connectivity index (χ3v) is 4.19. The Morgan fingerprint density at radius 2 is 2.09 bits per heavy atom. The van der Waals surface area contributed by atoms with Gasteiger partial charge in [0.1, 0.15) is 0 Å². The molecule has 4 nitrogen and oxygen atoms in total. The number of aromatic nitrogens is 2. The van der Waals surface area contributed by atoms with Crippen LogP contribution < -0.4 is 5.32 Å². The minimum Gasteiger partial charge on any atom is -0.351 e. The Bertz CT molecular complexity index is 770. The summed E-state index contributed by atoms with van der Waals surface area (Å²) in [6.07, 6.45) is 0. The molecule has 0 radical (unpaired) electrons. The summed E-state index contributed by atoms with van der Waals surface area (Å²) in [5.41, 5.74) is 2.86. The Hall–Kier alpha value is -1.98. The highest BCUT2D eigenvalue weighted by atomic mass is 35.5. The Balaban J connectivity index is 1.51. The van der Waals surface area contributed by atoms with Crippen LogP contribution >= 0.6 is 23.4 Å². The zero-order valence-electron chi connectivity index (χ0n) is 11.7. The van der Waals surface area contributed by atoms with E-state index in [1.165, 1.54) is 11.8 Å². The molecular formula is C16H14ClN3OS. The second-order valence-electron chi connectivity index (χ2n) is 4.75. The van der Waals surface area contributed by atoms with Gasteiger partial charge in [0.2, 0.25) is 5.91 Å². The first kappa shape index (κ1) is 14.9. The predicted octanol–water partition coefficient (Wildman–Crippen LogP) is 3.62. The average molecular weight is 332 g/mol. The van der Waals surface area contributed by atoms with Gasteiger partial charge < -0.3 is 10.3 Å². The zero-order chi connectivity index (χ0) is 15.4. The van der Waals surface area contributed by atoms with Crippen LogP contribution in [0.3, 0.4) is 0 Å². The lowest BCUT2D eigenvalue weighted by atomic mass is 10.2. The highest BCUT2D eigenvalue weighted by Gasteiger charge is 2.06. The highest BCUT2D eigenvalue weighted by molar-refractivity contribution is 7.99. The Kier molecular flexibility index (Phi) is 4.65. The molecule has 0 aliphatic heterocycles. The molecule has 3 aromatic rings. The monoisotopic (exact) mass is 331 g/mol. The minimum absolute atomic E-state index is 0.0366. The first-order valence-corrected chi connectivity index (χ1v) is 8.16. The van der Waals surface area contributed by atoms with Crippen molar-refractivity contribution in [3.05, 3.63) is 59.1 Å². The van der Waals surface area contributed by atoms with E-state index >= 15 is 0 Å². The van der Waals surface area contributed by atoms with Crippen LogP contribution in [0.2, 0.25) is 5.02 Å². The van der Waals surface area contributed by atoms with Gasteiger partial charge in [-0.25, -0.2) is 4.98 Å². The van der Waals surface area contributed by atoms with Gasteiger partial charge in [-0.1, -0.05) is 47.6 Å². The standard InChI is InChI=1S/C16H14ClN3OS/c17-12-5-3-4-11(8-12)9-18-15(21)10-22-16-19-13-6-1-2-7-14(13)20-16/h1-8H,9-10H2,(H,18,21)(H,19,20). The molecule has 2 N–H and O–H groups in total. The molecule has 1 amide bonds. The van der Waals surface area contributed by atoms with Gasteiger partial charge in [-0.05, 0) is 29.8 Å². The molecule has 1 heterocycles. The molecule has 22 heavy (non-hydrogen) atoms. The van der Waals surface area contributed by atoms with Crippen LogP contribution in [0, 0.1) is 0 Å². The fraction of sp³-hybridized carbons (Fsp3) is 0.125. The summed E-state index contributed by atoms with van der Waals surface area (Å²) in [4.78, 5) is 19.5. The molecule has 6 heteroatoms. The lowest BCUT2D eigenvalue weighted by Crippen LogP contribution is -2.24. The van der Waals surface area contributed by atoms with Crippen molar-refractivity contribution in [1.82, 2.24) is 15.3 Å². The van der Waals surface area contributed by atoms with E-state index in [-0.39, 0.29) is 5.91 Å². The summed E-state index contributed by atoms with van der Waals surface area (Å²) in [7, 11) is 0. The summed E-state index contributed by atoms with van der Waals surface area (Å²) in [5, 5.41) is 4.29. The van der Waals surface area contributed by atoms with E-state index in [1.807, 2.05) is 48.5 Å². The maximum absolute atomic E-state index is 11.9. The van der Waals surface area contributed by atoms with Crippen molar-refractivity contribution in [3.63, 3.8) is 0 Å². The van der Waals surface area contributed by atoms with Crippen molar-refractivity contribution in [3.8, 4) is 0 Å². The topological polar surface area (TPSA) is 57.8 Å². The van der Waals surface area contributed by atoms with Gasteiger partial charge in [0.15, 0.2) is 5.16 Å². The van der Waals surface area contributed by atoms with E-state index in [1.54, 1.807) is 0 Å². The molecule has 112 valence electrons. The largest absolute Gasteiger partial charge is 0.351 e. The van der Waals surface area contributed by atoms with Crippen LogP contribution in [0.4, 0.5) is 0 Å². The number of hydrogen-bond acceptors (Lipinski definition) is 3. The Morgan fingerprint density at radius 3 is 2.91 bits per heavy atom. The molecule has 0 bridgehead atoms. The molecule has 1 aromatic heterocycles. The molecule has 0 spiro atoms. The molecule has 0 saturated heterocycles. The summed E-state index contributed by atoms with van der Waals surface area (Å²) < 4.78 is 0. The summed E-state index contributed by atoms with van der Waals surface area (Å²) in [6, 6.07) is 15.2. The Labute approximate surface area is 137 Å². The highest BCUT2D eigenvalue weighted by Crippen LogP contribution is 2.18. The normalized spacial score (nSPS) is 10.8. The molecule has 0 unspecified atom stereocenters. The summed E-state index contributed by atoms with van der Waals surface area (Å²) in [6.45, 7) is 0.472. The van der Waals surface area contributed by atoms with Crippen molar-refractivity contribution < 1.29 is 4.79 Å². The molecule has 0 fully saturated rings. The van der Waals surface area contributed by atoms with Crippen molar-refractivity contribution in [2.75, 3.05) is 5.75 Å². The number of aromatic amines is 1. The van der Waals surface area contributed by atoms with Gasteiger partial charge in [0.25, 0.3) is 0 Å². The van der Waals surface area contributed by atoms with Crippen LogP contribution in [-0.4, -0.2) is 21.6 Å². The number of nitrogens with zero attached hydrogens (tertiary/aromatic N) is 1. The van der Waals surface area contributed by atoms with Gasteiger partial charge in [-0.15, -0.1) is 0 Å². The lowest BCUT2D eigenvalue weighted by Gasteiger charge is -2.04. The van der Waals surface area contributed by atoms with E-state index in [0.717, 1.165) is 21.8 Å².